The van der Waals surface area contributed by atoms with E-state index in [2.05, 4.69) is 5.32 Å². The number of nitrogens with one attached hydrogen (secondary N) is 1. The van der Waals surface area contributed by atoms with Gasteiger partial charge in [-0.15, -0.1) is 0 Å². The van der Waals surface area contributed by atoms with Crippen molar-refractivity contribution in [2.24, 2.45) is 0 Å². The van der Waals surface area contributed by atoms with Crippen molar-refractivity contribution in [1.82, 2.24) is 0 Å². The molecule has 0 saturated heterocycles. The fourth-order valence-electron chi connectivity index (χ4n) is 2.23. The molecule has 1 atom stereocenters. The van der Waals surface area contributed by atoms with E-state index in [4.69, 9.17) is 4.74 Å². The SMILES string of the molecule is Cc1ccc(C(=O)CCC(=O)O[C@@H](C)C(=O)Nc2ccc(F)c(F)c2)cc1. The van der Waals surface area contributed by atoms with Gasteiger partial charge in [-0.2, -0.15) is 0 Å². The number of anilines is 1. The van der Waals surface area contributed by atoms with Crippen LogP contribution in [0.5, 0.6) is 0 Å². The van der Waals surface area contributed by atoms with Crippen LogP contribution in [0.2, 0.25) is 0 Å². The van der Waals surface area contributed by atoms with E-state index in [1.54, 1.807) is 24.3 Å². The highest BCUT2D eigenvalue weighted by Gasteiger charge is 2.19. The number of aryl methyl sites for hydroxylation is 1. The van der Waals surface area contributed by atoms with Gasteiger partial charge in [0.25, 0.3) is 5.91 Å². The summed E-state index contributed by atoms with van der Waals surface area (Å²) in [7, 11) is 0. The summed E-state index contributed by atoms with van der Waals surface area (Å²) >= 11 is 0. The number of ether oxygens (including phenoxy) is 1. The molecule has 0 radical (unpaired) electrons. The van der Waals surface area contributed by atoms with Crippen molar-refractivity contribution in [2.45, 2.75) is 32.8 Å². The average Bonchev–Trinajstić information content (AvgIpc) is 2.63. The molecule has 27 heavy (non-hydrogen) atoms. The lowest BCUT2D eigenvalue weighted by molar-refractivity contribution is -0.153. The van der Waals surface area contributed by atoms with Gasteiger partial charge in [-0.05, 0) is 26.0 Å². The number of amides is 1. The lowest BCUT2D eigenvalue weighted by atomic mass is 10.1. The van der Waals surface area contributed by atoms with Gasteiger partial charge in [0.05, 0.1) is 6.42 Å². The molecule has 142 valence electrons. The minimum Gasteiger partial charge on any atom is -0.453 e. The van der Waals surface area contributed by atoms with Crippen molar-refractivity contribution in [3.05, 3.63) is 65.2 Å². The number of halogens is 2. The fourth-order valence-corrected chi connectivity index (χ4v) is 2.23. The van der Waals surface area contributed by atoms with Crippen LogP contribution >= 0.6 is 0 Å². The molecule has 2 rings (SSSR count). The molecular weight excluding hydrogens is 356 g/mol. The molecule has 1 amide bonds. The average molecular weight is 375 g/mol. The number of carbonyl (C=O) groups is 3. The molecule has 0 fully saturated rings. The van der Waals surface area contributed by atoms with E-state index in [1.165, 1.54) is 13.0 Å². The standard InChI is InChI=1S/C20H19F2NO4/c1-12-3-5-14(6-4-12)18(24)9-10-19(25)27-13(2)20(26)23-15-7-8-16(21)17(22)11-15/h3-8,11,13H,9-10H2,1-2H3,(H,23,26)/t13-/m0/s1. The first-order chi connectivity index (χ1) is 12.8. The van der Waals surface area contributed by atoms with Gasteiger partial charge >= 0.3 is 5.97 Å². The third-order valence-corrected chi connectivity index (χ3v) is 3.79. The molecule has 0 saturated carbocycles. The Morgan fingerprint density at radius 3 is 2.30 bits per heavy atom. The molecule has 0 bridgehead atoms. The molecule has 2 aromatic rings. The Morgan fingerprint density at radius 1 is 1.00 bits per heavy atom. The number of carbonyl (C=O) groups excluding carboxylic acids is 3. The Bertz CT molecular complexity index is 850. The first-order valence-corrected chi connectivity index (χ1v) is 8.31. The van der Waals surface area contributed by atoms with Crippen LogP contribution < -0.4 is 5.32 Å². The van der Waals surface area contributed by atoms with Gasteiger partial charge in [-0.3, -0.25) is 14.4 Å². The van der Waals surface area contributed by atoms with E-state index in [0.29, 0.717) is 5.56 Å². The maximum Gasteiger partial charge on any atom is 0.307 e. The number of hydrogen-bond donors (Lipinski definition) is 1. The molecule has 7 heteroatoms. The van der Waals surface area contributed by atoms with Gasteiger partial charge in [0.2, 0.25) is 0 Å². The first kappa shape index (κ1) is 20.2. The quantitative estimate of drug-likeness (QED) is 0.590. The highest BCUT2D eigenvalue weighted by atomic mass is 19.2. The summed E-state index contributed by atoms with van der Waals surface area (Å²) in [6.07, 6.45) is -1.37. The minimum atomic E-state index is -1.15. The van der Waals surface area contributed by atoms with Crippen molar-refractivity contribution in [3.8, 4) is 0 Å². The molecule has 0 spiro atoms. The molecule has 1 N–H and O–H groups in total. The zero-order chi connectivity index (χ0) is 20.0. The minimum absolute atomic E-state index is 0.0383. The molecular formula is C20H19F2NO4. The molecule has 0 aliphatic rings. The largest absolute Gasteiger partial charge is 0.453 e. The lowest BCUT2D eigenvalue weighted by Gasteiger charge is -2.13. The van der Waals surface area contributed by atoms with Crippen LogP contribution in [0.3, 0.4) is 0 Å². The third-order valence-electron chi connectivity index (χ3n) is 3.79. The smallest absolute Gasteiger partial charge is 0.307 e. The number of hydrogen-bond acceptors (Lipinski definition) is 4. The predicted octanol–water partition coefficient (Wildman–Crippen LogP) is 3.81. The van der Waals surface area contributed by atoms with E-state index >= 15 is 0 Å². The topological polar surface area (TPSA) is 72.5 Å². The van der Waals surface area contributed by atoms with Crippen molar-refractivity contribution in [3.63, 3.8) is 0 Å². The van der Waals surface area contributed by atoms with Crippen LogP contribution in [0.1, 0.15) is 35.7 Å². The highest BCUT2D eigenvalue weighted by molar-refractivity contribution is 5.98. The molecule has 0 unspecified atom stereocenters. The molecule has 0 heterocycles. The zero-order valence-corrected chi connectivity index (χ0v) is 14.9. The van der Waals surface area contributed by atoms with Crippen molar-refractivity contribution in [1.29, 1.82) is 0 Å². The Kier molecular flexibility index (Phi) is 6.76. The number of Topliss-reactive ketones (excluding diaryl/α,β-unsaturated/α-hetero) is 1. The highest BCUT2D eigenvalue weighted by Crippen LogP contribution is 2.14. The summed E-state index contributed by atoms with van der Waals surface area (Å²) in [6, 6.07) is 9.85. The van der Waals surface area contributed by atoms with Crippen LogP contribution in [0.15, 0.2) is 42.5 Å². The second-order valence-corrected chi connectivity index (χ2v) is 6.04. The third kappa shape index (κ3) is 5.99. The van der Waals surface area contributed by atoms with Crippen LogP contribution in [-0.2, 0) is 14.3 Å². The number of rotatable bonds is 7. The normalized spacial score (nSPS) is 11.6. The summed E-state index contributed by atoms with van der Waals surface area (Å²) in [5, 5.41) is 2.32. The monoisotopic (exact) mass is 375 g/mol. The van der Waals surface area contributed by atoms with Gasteiger partial charge < -0.3 is 10.1 Å². The van der Waals surface area contributed by atoms with Crippen molar-refractivity contribution in [2.75, 3.05) is 5.32 Å². The van der Waals surface area contributed by atoms with Crippen LogP contribution in [0.25, 0.3) is 0 Å². The Hall–Kier alpha value is -3.09. The van der Waals surface area contributed by atoms with E-state index in [-0.39, 0.29) is 24.3 Å². The Labute approximate surface area is 155 Å². The van der Waals surface area contributed by atoms with Gasteiger partial charge in [-0.1, -0.05) is 29.8 Å². The Balaban J connectivity index is 1.81. The summed E-state index contributed by atoms with van der Waals surface area (Å²) in [4.78, 5) is 35.8. The van der Waals surface area contributed by atoms with Crippen LogP contribution in [0, 0.1) is 18.6 Å². The van der Waals surface area contributed by atoms with Gasteiger partial charge in [-0.25, -0.2) is 8.78 Å². The summed E-state index contributed by atoms with van der Waals surface area (Å²) < 4.78 is 31.0. The molecule has 2 aromatic carbocycles. The number of esters is 1. The second-order valence-electron chi connectivity index (χ2n) is 6.04. The summed E-state index contributed by atoms with van der Waals surface area (Å²) in [5.41, 5.74) is 1.56. The number of ketones is 1. The predicted molar refractivity (Wildman–Crippen MR) is 95.3 cm³/mol. The van der Waals surface area contributed by atoms with Crippen LogP contribution in [-0.4, -0.2) is 23.8 Å². The zero-order valence-electron chi connectivity index (χ0n) is 14.9. The lowest BCUT2D eigenvalue weighted by Crippen LogP contribution is -2.30. The van der Waals surface area contributed by atoms with Gasteiger partial charge in [0.15, 0.2) is 23.5 Å². The first-order valence-electron chi connectivity index (χ1n) is 8.31. The maximum atomic E-state index is 13.1. The maximum absolute atomic E-state index is 13.1. The molecule has 0 aromatic heterocycles. The van der Waals surface area contributed by atoms with Gasteiger partial charge in [0, 0.05) is 23.7 Å². The van der Waals surface area contributed by atoms with Crippen LogP contribution in [0.4, 0.5) is 14.5 Å². The molecule has 0 aliphatic carbocycles. The van der Waals surface area contributed by atoms with E-state index in [9.17, 15) is 23.2 Å². The number of benzene rings is 2. The van der Waals surface area contributed by atoms with E-state index in [0.717, 1.165) is 17.7 Å². The van der Waals surface area contributed by atoms with E-state index < -0.39 is 29.6 Å². The van der Waals surface area contributed by atoms with E-state index in [1.807, 2.05) is 6.92 Å². The molecule has 0 aliphatic heterocycles. The Morgan fingerprint density at radius 2 is 1.67 bits per heavy atom. The summed E-state index contributed by atoms with van der Waals surface area (Å²) in [6.45, 7) is 3.24. The van der Waals surface area contributed by atoms with Crippen molar-refractivity contribution < 1.29 is 27.9 Å². The van der Waals surface area contributed by atoms with Crippen molar-refractivity contribution >= 4 is 23.3 Å². The van der Waals surface area contributed by atoms with Gasteiger partial charge in [0.1, 0.15) is 0 Å². The summed E-state index contributed by atoms with van der Waals surface area (Å²) in [5.74, 6) is -3.74. The second kappa shape index (κ2) is 9.02. The fraction of sp³-hybridized carbons (Fsp3) is 0.250. The molecule has 5 nitrogen and oxygen atoms in total.